The molecule has 1 heterocycles. The van der Waals surface area contributed by atoms with Crippen LogP contribution in [0.1, 0.15) is 23.1 Å². The summed E-state index contributed by atoms with van der Waals surface area (Å²) in [4.78, 5) is 0. The lowest BCUT2D eigenvalue weighted by atomic mass is 10.0. The van der Waals surface area contributed by atoms with E-state index in [-0.39, 0.29) is 23.0 Å². The molecule has 166 valence electrons. The first-order chi connectivity index (χ1) is 15.5. The van der Waals surface area contributed by atoms with Crippen molar-refractivity contribution in [2.24, 2.45) is 5.92 Å². The molecule has 0 bridgehead atoms. The highest BCUT2D eigenvalue weighted by Crippen LogP contribution is 2.24. The summed E-state index contributed by atoms with van der Waals surface area (Å²) in [5.41, 5.74) is 2.56. The van der Waals surface area contributed by atoms with E-state index in [4.69, 9.17) is 14.2 Å². The predicted octanol–water partition coefficient (Wildman–Crippen LogP) is 5.23. The highest BCUT2D eigenvalue weighted by atomic mass is 19.2. The van der Waals surface area contributed by atoms with Crippen LogP contribution in [0.2, 0.25) is 0 Å². The Labute approximate surface area is 185 Å². The molecule has 32 heavy (non-hydrogen) atoms. The molecule has 0 spiro atoms. The van der Waals surface area contributed by atoms with Crippen LogP contribution in [0.25, 0.3) is 10.8 Å². The average Bonchev–Trinajstić information content (AvgIpc) is 2.81. The first-order valence-corrected chi connectivity index (χ1v) is 10.4. The first-order valence-electron chi connectivity index (χ1n) is 10.4. The molecule has 0 aromatic heterocycles. The fraction of sp³-hybridized carbons (Fsp3) is 0.308. The van der Waals surface area contributed by atoms with Crippen molar-refractivity contribution in [2.45, 2.75) is 19.1 Å². The minimum absolute atomic E-state index is 0.0268. The number of fused-ring (bicyclic) bond motifs is 1. The molecule has 0 N–H and O–H groups in total. The Bertz CT molecular complexity index is 1140. The van der Waals surface area contributed by atoms with E-state index in [2.05, 4.69) is 11.8 Å². The van der Waals surface area contributed by atoms with Gasteiger partial charge in [-0.1, -0.05) is 30.0 Å². The highest BCUT2D eigenvalue weighted by Gasteiger charge is 2.21. The van der Waals surface area contributed by atoms with Crippen LogP contribution < -0.4 is 0 Å². The van der Waals surface area contributed by atoms with Crippen LogP contribution in [0, 0.1) is 35.2 Å². The van der Waals surface area contributed by atoms with E-state index in [1.54, 1.807) is 19.2 Å². The monoisotopic (exact) mass is 440 g/mol. The van der Waals surface area contributed by atoms with Crippen molar-refractivity contribution in [3.8, 4) is 11.8 Å². The lowest BCUT2D eigenvalue weighted by Crippen LogP contribution is -2.34. The fourth-order valence-electron chi connectivity index (χ4n) is 3.65. The first kappa shape index (κ1) is 22.3. The van der Waals surface area contributed by atoms with Gasteiger partial charge >= 0.3 is 0 Å². The third kappa shape index (κ3) is 5.31. The molecule has 6 heteroatoms. The van der Waals surface area contributed by atoms with Crippen LogP contribution >= 0.6 is 0 Å². The van der Waals surface area contributed by atoms with Crippen molar-refractivity contribution < 1.29 is 27.4 Å². The van der Waals surface area contributed by atoms with Gasteiger partial charge in [-0.15, -0.1) is 0 Å². The summed E-state index contributed by atoms with van der Waals surface area (Å²) < 4.78 is 57.3. The van der Waals surface area contributed by atoms with Gasteiger partial charge in [-0.2, -0.15) is 0 Å². The van der Waals surface area contributed by atoms with Crippen molar-refractivity contribution >= 4 is 10.8 Å². The summed E-state index contributed by atoms with van der Waals surface area (Å²) in [6, 6.07) is 13.4. The van der Waals surface area contributed by atoms with Crippen molar-refractivity contribution in [3.63, 3.8) is 0 Å². The maximum Gasteiger partial charge on any atom is 0.195 e. The van der Waals surface area contributed by atoms with Gasteiger partial charge in [0.15, 0.2) is 23.7 Å². The Morgan fingerprint density at radius 1 is 0.906 bits per heavy atom. The smallest absolute Gasteiger partial charge is 0.195 e. The second kappa shape index (κ2) is 10.2. The Kier molecular flexibility index (Phi) is 7.11. The summed E-state index contributed by atoms with van der Waals surface area (Å²) in [5.74, 6) is 2.45. The quantitative estimate of drug-likeness (QED) is 0.402. The summed E-state index contributed by atoms with van der Waals surface area (Å²) in [5, 5.41) is 0.295. The number of aryl methyl sites for hydroxylation is 1. The number of benzene rings is 3. The SMILES string of the molecule is COCC1COC(CCc2ccc(C#Cc3ccc4c(F)c(F)c(F)cc4c3)cc2)OC1. The Morgan fingerprint density at radius 2 is 1.59 bits per heavy atom. The summed E-state index contributed by atoms with van der Waals surface area (Å²) in [6.07, 6.45) is 1.40. The molecule has 4 rings (SSSR count). The topological polar surface area (TPSA) is 27.7 Å². The van der Waals surface area contributed by atoms with Crippen molar-refractivity contribution in [1.82, 2.24) is 0 Å². The lowest BCUT2D eigenvalue weighted by molar-refractivity contribution is -0.208. The number of ether oxygens (including phenoxy) is 3. The van der Waals surface area contributed by atoms with Gasteiger partial charge in [-0.25, -0.2) is 13.2 Å². The molecule has 3 aromatic rings. The minimum Gasteiger partial charge on any atom is -0.384 e. The van der Waals surface area contributed by atoms with Crippen molar-refractivity contribution in [3.05, 3.63) is 82.7 Å². The van der Waals surface area contributed by atoms with E-state index in [0.717, 1.165) is 30.0 Å². The number of hydrogen-bond donors (Lipinski definition) is 0. The van der Waals surface area contributed by atoms with Crippen molar-refractivity contribution in [2.75, 3.05) is 26.9 Å². The van der Waals surface area contributed by atoms with Crippen LogP contribution in [0.4, 0.5) is 13.2 Å². The van der Waals surface area contributed by atoms with Gasteiger partial charge < -0.3 is 14.2 Å². The van der Waals surface area contributed by atoms with Crippen LogP contribution in [0.5, 0.6) is 0 Å². The van der Waals surface area contributed by atoms with Gasteiger partial charge in [0.1, 0.15) is 0 Å². The predicted molar refractivity (Wildman–Crippen MR) is 116 cm³/mol. The molecule has 0 saturated carbocycles. The second-order valence-corrected chi connectivity index (χ2v) is 7.83. The van der Waals surface area contributed by atoms with Gasteiger partial charge in [-0.05, 0) is 47.7 Å². The fourth-order valence-corrected chi connectivity index (χ4v) is 3.65. The zero-order chi connectivity index (χ0) is 22.5. The Morgan fingerprint density at radius 3 is 2.31 bits per heavy atom. The van der Waals surface area contributed by atoms with Gasteiger partial charge in [0.25, 0.3) is 0 Å². The molecule has 0 atom stereocenters. The minimum atomic E-state index is -1.46. The molecule has 3 aromatic carbocycles. The summed E-state index contributed by atoms with van der Waals surface area (Å²) in [7, 11) is 1.67. The lowest BCUT2D eigenvalue weighted by Gasteiger charge is -2.29. The molecule has 1 saturated heterocycles. The van der Waals surface area contributed by atoms with E-state index >= 15 is 0 Å². The van der Waals surface area contributed by atoms with E-state index < -0.39 is 17.5 Å². The number of hydrogen-bond acceptors (Lipinski definition) is 3. The van der Waals surface area contributed by atoms with E-state index in [1.807, 2.05) is 24.3 Å². The summed E-state index contributed by atoms with van der Waals surface area (Å²) in [6.45, 7) is 1.94. The maximum atomic E-state index is 13.8. The molecule has 1 aliphatic rings. The molecule has 0 radical (unpaired) electrons. The zero-order valence-electron chi connectivity index (χ0n) is 17.7. The van der Waals surface area contributed by atoms with E-state index in [9.17, 15) is 13.2 Å². The van der Waals surface area contributed by atoms with Crippen LogP contribution in [0.3, 0.4) is 0 Å². The standard InChI is InChI=1S/C26H23F3O3/c1-30-14-20-15-31-24(32-16-20)11-9-18-4-2-17(3-5-18)6-7-19-8-10-22-21(12-19)13-23(27)26(29)25(22)28/h2-5,8,10,12-13,20,24H,9,11,14-16H2,1H3. The molecule has 0 amide bonds. The van der Waals surface area contributed by atoms with Gasteiger partial charge in [0, 0.05) is 36.0 Å². The van der Waals surface area contributed by atoms with Gasteiger partial charge in [0.2, 0.25) is 0 Å². The number of rotatable bonds is 5. The summed E-state index contributed by atoms with van der Waals surface area (Å²) >= 11 is 0. The van der Waals surface area contributed by atoms with Crippen LogP contribution in [0.15, 0.2) is 48.5 Å². The van der Waals surface area contributed by atoms with E-state index in [0.29, 0.717) is 25.4 Å². The Balaban J connectivity index is 1.36. The number of methoxy groups -OCH3 is 1. The molecule has 1 fully saturated rings. The third-order valence-electron chi connectivity index (χ3n) is 5.38. The maximum absolute atomic E-state index is 13.8. The van der Waals surface area contributed by atoms with Crippen molar-refractivity contribution in [1.29, 1.82) is 0 Å². The zero-order valence-corrected chi connectivity index (χ0v) is 17.7. The van der Waals surface area contributed by atoms with Crippen LogP contribution in [-0.2, 0) is 20.6 Å². The Hall–Kier alpha value is -2.85. The largest absolute Gasteiger partial charge is 0.384 e. The van der Waals surface area contributed by atoms with Crippen LogP contribution in [-0.4, -0.2) is 33.2 Å². The molecular formula is C26H23F3O3. The molecule has 0 aliphatic carbocycles. The van der Waals surface area contributed by atoms with Gasteiger partial charge in [-0.3, -0.25) is 0 Å². The highest BCUT2D eigenvalue weighted by molar-refractivity contribution is 5.84. The second-order valence-electron chi connectivity index (χ2n) is 7.83. The molecule has 1 aliphatic heterocycles. The molecular weight excluding hydrogens is 417 g/mol. The molecule has 3 nitrogen and oxygen atoms in total. The molecule has 0 unspecified atom stereocenters. The normalized spacial score (nSPS) is 18.4. The van der Waals surface area contributed by atoms with E-state index in [1.165, 1.54) is 6.07 Å². The third-order valence-corrected chi connectivity index (χ3v) is 5.38. The van der Waals surface area contributed by atoms with Gasteiger partial charge in [0.05, 0.1) is 19.8 Å². The number of halogens is 3. The average molecular weight is 440 g/mol.